The van der Waals surface area contributed by atoms with Crippen LogP contribution in [0.25, 0.3) is 0 Å². The number of hydrogen-bond donors (Lipinski definition) is 0. The smallest absolute Gasteiger partial charge is 0.257 e. The van der Waals surface area contributed by atoms with Crippen molar-refractivity contribution in [2.75, 3.05) is 6.54 Å². The van der Waals surface area contributed by atoms with Crippen LogP contribution in [0, 0.1) is 5.82 Å². The quantitative estimate of drug-likeness (QED) is 0.546. The average molecular weight is 422 g/mol. The lowest BCUT2D eigenvalue weighted by Gasteiger charge is -2.30. The molecule has 0 fully saturated rings. The van der Waals surface area contributed by atoms with Crippen LogP contribution >= 0.6 is 0 Å². The Bertz CT molecular complexity index is 1030. The van der Waals surface area contributed by atoms with Crippen molar-refractivity contribution in [3.63, 3.8) is 0 Å². The van der Waals surface area contributed by atoms with E-state index in [1.54, 1.807) is 17.0 Å². The number of nitrogens with zero attached hydrogens (tertiary/aromatic N) is 3. The van der Waals surface area contributed by atoms with Crippen LogP contribution in [0.1, 0.15) is 35.5 Å². The molecule has 1 aromatic heterocycles. The number of carbonyl (C=O) groups is 2. The number of hydrogen-bond acceptors (Lipinski definition) is 2. The number of amides is 2. The van der Waals surface area contributed by atoms with Gasteiger partial charge >= 0.3 is 0 Å². The van der Waals surface area contributed by atoms with E-state index in [1.807, 2.05) is 74.1 Å². The summed E-state index contributed by atoms with van der Waals surface area (Å²) in [5.41, 5.74) is 1.96. The largest absolute Gasteiger partial charge is 0.353 e. The summed E-state index contributed by atoms with van der Waals surface area (Å²) in [6, 6.07) is 19.2. The molecule has 0 unspecified atom stereocenters. The van der Waals surface area contributed by atoms with E-state index < -0.39 is 11.7 Å². The van der Waals surface area contributed by atoms with Gasteiger partial charge in [-0.2, -0.15) is 0 Å². The highest BCUT2D eigenvalue weighted by Gasteiger charge is 2.26. The third-order valence-electron chi connectivity index (χ3n) is 5.27. The molecular formula is C25H28FN3O2. The Morgan fingerprint density at radius 1 is 0.935 bits per heavy atom. The van der Waals surface area contributed by atoms with Crippen molar-refractivity contribution in [3.8, 4) is 0 Å². The zero-order valence-electron chi connectivity index (χ0n) is 18.2. The summed E-state index contributed by atoms with van der Waals surface area (Å²) in [4.78, 5) is 29.5. The summed E-state index contributed by atoms with van der Waals surface area (Å²) in [5, 5.41) is 0. The molecule has 3 rings (SSSR count). The lowest BCUT2D eigenvalue weighted by molar-refractivity contribution is -0.133. The molecule has 0 radical (unpaired) electrons. The fraction of sp³-hybridized carbons (Fsp3) is 0.280. The monoisotopic (exact) mass is 421 g/mol. The van der Waals surface area contributed by atoms with Gasteiger partial charge in [-0.25, -0.2) is 4.39 Å². The lowest BCUT2D eigenvalue weighted by atomic mass is 10.1. The molecule has 162 valence electrons. The third kappa shape index (κ3) is 5.60. The fourth-order valence-electron chi connectivity index (χ4n) is 3.42. The van der Waals surface area contributed by atoms with Crippen LogP contribution in [0.2, 0.25) is 0 Å². The van der Waals surface area contributed by atoms with Crippen LogP contribution in [0.15, 0.2) is 72.9 Å². The summed E-state index contributed by atoms with van der Waals surface area (Å²) in [7, 11) is 1.93. The highest BCUT2D eigenvalue weighted by molar-refractivity contribution is 5.97. The van der Waals surface area contributed by atoms with Crippen molar-refractivity contribution >= 4 is 11.8 Å². The van der Waals surface area contributed by atoms with Gasteiger partial charge in [0.2, 0.25) is 5.91 Å². The van der Waals surface area contributed by atoms with Gasteiger partial charge < -0.3 is 14.4 Å². The first-order valence-corrected chi connectivity index (χ1v) is 10.3. The molecule has 0 saturated carbocycles. The molecule has 0 atom stereocenters. The molecule has 0 aliphatic heterocycles. The van der Waals surface area contributed by atoms with E-state index >= 15 is 0 Å². The fourth-order valence-corrected chi connectivity index (χ4v) is 3.42. The van der Waals surface area contributed by atoms with E-state index in [4.69, 9.17) is 0 Å². The predicted molar refractivity (Wildman–Crippen MR) is 119 cm³/mol. The normalized spacial score (nSPS) is 10.9. The summed E-state index contributed by atoms with van der Waals surface area (Å²) >= 11 is 0. The molecule has 0 spiro atoms. The molecule has 3 aromatic rings. The summed E-state index contributed by atoms with van der Waals surface area (Å²) in [6.45, 7) is 4.36. The van der Waals surface area contributed by atoms with Crippen molar-refractivity contribution in [2.45, 2.75) is 33.0 Å². The average Bonchev–Trinajstić information content (AvgIpc) is 3.16. The van der Waals surface area contributed by atoms with Crippen LogP contribution in [0.3, 0.4) is 0 Å². The van der Waals surface area contributed by atoms with Gasteiger partial charge in [0, 0.05) is 31.5 Å². The van der Waals surface area contributed by atoms with Crippen molar-refractivity contribution in [1.82, 2.24) is 14.4 Å². The number of aromatic nitrogens is 1. The van der Waals surface area contributed by atoms with Crippen LogP contribution in [0.5, 0.6) is 0 Å². The maximum absolute atomic E-state index is 14.2. The Morgan fingerprint density at radius 2 is 1.61 bits per heavy atom. The summed E-state index contributed by atoms with van der Waals surface area (Å²) in [6.07, 6.45) is 1.93. The molecule has 2 amide bonds. The Hall–Kier alpha value is -3.41. The second-order valence-corrected chi connectivity index (χ2v) is 7.85. The molecule has 0 aliphatic carbocycles. The number of benzene rings is 2. The maximum Gasteiger partial charge on any atom is 0.257 e. The topological polar surface area (TPSA) is 45.6 Å². The molecular weight excluding hydrogens is 393 g/mol. The van der Waals surface area contributed by atoms with Gasteiger partial charge in [-0.3, -0.25) is 9.59 Å². The number of rotatable bonds is 8. The standard InChI is InChI=1S/C25H28FN3O2/c1-19(2)29(25(31)22-13-7-8-14-23(22)26)18-24(30)28(16-20-10-5-4-6-11-20)17-21-12-9-15-27(21)3/h4-15,19H,16-18H2,1-3H3. The van der Waals surface area contributed by atoms with Gasteiger partial charge in [-0.15, -0.1) is 0 Å². The van der Waals surface area contributed by atoms with Gasteiger partial charge in [0.05, 0.1) is 12.1 Å². The Balaban J connectivity index is 1.83. The van der Waals surface area contributed by atoms with E-state index in [0.29, 0.717) is 13.1 Å². The Kier molecular flexibility index (Phi) is 7.23. The maximum atomic E-state index is 14.2. The predicted octanol–water partition coefficient (Wildman–Crippen LogP) is 4.24. The zero-order valence-corrected chi connectivity index (χ0v) is 18.2. The first-order valence-electron chi connectivity index (χ1n) is 10.3. The SMILES string of the molecule is CC(C)N(CC(=O)N(Cc1ccccc1)Cc1cccn1C)C(=O)c1ccccc1F. The van der Waals surface area contributed by atoms with Crippen molar-refractivity contribution in [1.29, 1.82) is 0 Å². The van der Waals surface area contributed by atoms with Gasteiger partial charge in [-0.1, -0.05) is 42.5 Å². The molecule has 0 bridgehead atoms. The van der Waals surface area contributed by atoms with Crippen LogP contribution in [-0.4, -0.2) is 38.8 Å². The van der Waals surface area contributed by atoms with Gasteiger partial charge in [0.25, 0.3) is 5.91 Å². The highest BCUT2D eigenvalue weighted by Crippen LogP contribution is 2.15. The van der Waals surface area contributed by atoms with Crippen molar-refractivity contribution < 1.29 is 14.0 Å². The minimum absolute atomic E-state index is 0.0268. The first-order chi connectivity index (χ1) is 14.9. The lowest BCUT2D eigenvalue weighted by Crippen LogP contribution is -2.45. The third-order valence-corrected chi connectivity index (χ3v) is 5.27. The molecule has 31 heavy (non-hydrogen) atoms. The number of carbonyl (C=O) groups excluding carboxylic acids is 2. The van der Waals surface area contributed by atoms with Gasteiger partial charge in [-0.05, 0) is 43.7 Å². The molecule has 0 aliphatic rings. The Labute approximate surface area is 182 Å². The molecule has 0 saturated heterocycles. The molecule has 2 aromatic carbocycles. The van der Waals surface area contributed by atoms with Crippen molar-refractivity contribution in [3.05, 3.63) is 95.6 Å². The van der Waals surface area contributed by atoms with Crippen LogP contribution < -0.4 is 0 Å². The second kappa shape index (κ2) is 10.1. The number of aryl methyl sites for hydroxylation is 1. The minimum Gasteiger partial charge on any atom is -0.353 e. The van der Waals surface area contributed by atoms with Crippen LogP contribution in [0.4, 0.5) is 4.39 Å². The molecule has 5 nitrogen and oxygen atoms in total. The first kappa shape index (κ1) is 22.3. The Morgan fingerprint density at radius 3 is 2.23 bits per heavy atom. The van der Waals surface area contributed by atoms with E-state index in [1.165, 1.54) is 17.0 Å². The second-order valence-electron chi connectivity index (χ2n) is 7.85. The zero-order chi connectivity index (χ0) is 22.4. The minimum atomic E-state index is -0.587. The molecule has 6 heteroatoms. The highest BCUT2D eigenvalue weighted by atomic mass is 19.1. The summed E-state index contributed by atoms with van der Waals surface area (Å²) in [5.74, 6) is -1.26. The molecule has 0 N–H and O–H groups in total. The van der Waals surface area contributed by atoms with Crippen LogP contribution in [-0.2, 0) is 24.9 Å². The summed E-state index contributed by atoms with van der Waals surface area (Å²) < 4.78 is 16.2. The van der Waals surface area contributed by atoms with E-state index in [2.05, 4.69) is 0 Å². The van der Waals surface area contributed by atoms with Crippen molar-refractivity contribution in [2.24, 2.45) is 7.05 Å². The van der Waals surface area contributed by atoms with Gasteiger partial charge in [0.15, 0.2) is 0 Å². The van der Waals surface area contributed by atoms with E-state index in [-0.39, 0.29) is 24.1 Å². The molecule has 1 heterocycles. The number of halogens is 1. The van der Waals surface area contributed by atoms with Gasteiger partial charge in [0.1, 0.15) is 12.4 Å². The van der Waals surface area contributed by atoms with E-state index in [9.17, 15) is 14.0 Å². The van der Waals surface area contributed by atoms with E-state index in [0.717, 1.165) is 11.3 Å².